The van der Waals surface area contributed by atoms with Gasteiger partial charge in [-0.2, -0.15) is 4.99 Å². The van der Waals surface area contributed by atoms with Gasteiger partial charge in [0.2, 0.25) is 5.91 Å². The molecular formula is C20H17N3O2S. The fraction of sp³-hybridized carbons (Fsp3) is 0.150. The monoisotopic (exact) mass is 363 g/mol. The molecule has 0 saturated carbocycles. The number of nitrogens with zero attached hydrogens (tertiary/aromatic N) is 3. The van der Waals surface area contributed by atoms with Crippen LogP contribution in [0.1, 0.15) is 12.3 Å². The number of amides is 1. The van der Waals surface area contributed by atoms with E-state index in [2.05, 4.69) is 9.98 Å². The van der Waals surface area contributed by atoms with Crippen molar-refractivity contribution in [3.63, 3.8) is 0 Å². The molecule has 0 spiro atoms. The van der Waals surface area contributed by atoms with Gasteiger partial charge in [-0.1, -0.05) is 53.8 Å². The molecule has 2 aromatic heterocycles. The summed E-state index contributed by atoms with van der Waals surface area (Å²) in [6.07, 6.45) is 2.39. The smallest absolute Gasteiger partial charge is 0.248 e. The van der Waals surface area contributed by atoms with Crippen LogP contribution in [0, 0.1) is 0 Å². The molecule has 0 saturated heterocycles. The van der Waals surface area contributed by atoms with Crippen molar-refractivity contribution in [2.24, 2.45) is 12.0 Å². The van der Waals surface area contributed by atoms with Crippen LogP contribution < -0.4 is 4.80 Å². The standard InChI is InChI=1S/C20H17N3O2S/c1-23-15-9-5-6-10-17(15)26-20(23)22-18(24)11-12-19-21-13-16(25-19)14-7-3-2-4-8-14/h2-10,13H,11-12H2,1H3. The van der Waals surface area contributed by atoms with Gasteiger partial charge in [0, 0.05) is 25.5 Å². The molecule has 2 heterocycles. The van der Waals surface area contributed by atoms with Crippen LogP contribution in [-0.2, 0) is 18.3 Å². The fourth-order valence-electron chi connectivity index (χ4n) is 2.73. The largest absolute Gasteiger partial charge is 0.441 e. The minimum Gasteiger partial charge on any atom is -0.441 e. The maximum Gasteiger partial charge on any atom is 0.248 e. The van der Waals surface area contributed by atoms with E-state index in [1.807, 2.05) is 66.2 Å². The first-order chi connectivity index (χ1) is 12.7. The third kappa shape index (κ3) is 3.36. The van der Waals surface area contributed by atoms with E-state index >= 15 is 0 Å². The van der Waals surface area contributed by atoms with Crippen LogP contribution in [0.4, 0.5) is 0 Å². The Bertz CT molecular complexity index is 1120. The van der Waals surface area contributed by atoms with Gasteiger partial charge in [-0.05, 0) is 12.1 Å². The second kappa shape index (κ2) is 7.09. The summed E-state index contributed by atoms with van der Waals surface area (Å²) in [5, 5.41) is 0. The number of hydrogen-bond donors (Lipinski definition) is 0. The van der Waals surface area contributed by atoms with Gasteiger partial charge in [0.05, 0.1) is 16.4 Å². The van der Waals surface area contributed by atoms with E-state index in [9.17, 15) is 4.79 Å². The van der Waals surface area contributed by atoms with Gasteiger partial charge in [-0.25, -0.2) is 4.98 Å². The zero-order valence-electron chi connectivity index (χ0n) is 14.3. The van der Waals surface area contributed by atoms with Crippen molar-refractivity contribution in [3.05, 3.63) is 71.5 Å². The number of benzene rings is 2. The summed E-state index contributed by atoms with van der Waals surface area (Å²) in [6.45, 7) is 0. The van der Waals surface area contributed by atoms with E-state index in [-0.39, 0.29) is 12.3 Å². The highest BCUT2D eigenvalue weighted by Gasteiger charge is 2.09. The average Bonchev–Trinajstić information content (AvgIpc) is 3.27. The Morgan fingerprint density at radius 2 is 1.92 bits per heavy atom. The third-order valence-corrected chi connectivity index (χ3v) is 5.21. The second-order valence-corrected chi connectivity index (χ2v) is 6.91. The summed E-state index contributed by atoms with van der Waals surface area (Å²) in [5.41, 5.74) is 2.05. The van der Waals surface area contributed by atoms with Gasteiger partial charge in [-0.15, -0.1) is 0 Å². The topological polar surface area (TPSA) is 60.4 Å². The number of aromatic nitrogens is 2. The van der Waals surface area contributed by atoms with E-state index < -0.39 is 0 Å². The summed E-state index contributed by atoms with van der Waals surface area (Å²) in [7, 11) is 1.92. The van der Waals surface area contributed by atoms with Gasteiger partial charge < -0.3 is 8.98 Å². The predicted octanol–water partition coefficient (Wildman–Crippen LogP) is 3.95. The summed E-state index contributed by atoms with van der Waals surface area (Å²) < 4.78 is 8.79. The lowest BCUT2D eigenvalue weighted by molar-refractivity contribution is -0.118. The summed E-state index contributed by atoms with van der Waals surface area (Å²) in [4.78, 5) is 21.5. The van der Waals surface area contributed by atoms with Gasteiger partial charge in [-0.3, -0.25) is 4.79 Å². The molecule has 4 rings (SSSR count). The number of thiazole rings is 1. The Hall–Kier alpha value is -2.99. The average molecular weight is 363 g/mol. The van der Waals surface area contributed by atoms with Crippen molar-refractivity contribution in [2.75, 3.05) is 0 Å². The first kappa shape index (κ1) is 16.5. The molecule has 0 aliphatic heterocycles. The zero-order valence-corrected chi connectivity index (χ0v) is 15.1. The molecule has 0 N–H and O–H groups in total. The van der Waals surface area contributed by atoms with E-state index in [0.29, 0.717) is 22.9 Å². The van der Waals surface area contributed by atoms with Crippen molar-refractivity contribution in [1.29, 1.82) is 0 Å². The number of para-hydroxylation sites is 1. The Morgan fingerprint density at radius 3 is 2.73 bits per heavy atom. The zero-order chi connectivity index (χ0) is 17.9. The van der Waals surface area contributed by atoms with E-state index in [1.165, 1.54) is 11.3 Å². The number of oxazole rings is 1. The highest BCUT2D eigenvalue weighted by Crippen LogP contribution is 2.20. The summed E-state index contributed by atoms with van der Waals surface area (Å²) in [6, 6.07) is 17.8. The minimum atomic E-state index is -0.174. The molecule has 4 aromatic rings. The van der Waals surface area contributed by atoms with Crippen molar-refractivity contribution >= 4 is 27.5 Å². The van der Waals surface area contributed by atoms with Crippen LogP contribution in [0.3, 0.4) is 0 Å². The number of carbonyl (C=O) groups excluding carboxylic acids is 1. The van der Waals surface area contributed by atoms with Crippen LogP contribution in [0.2, 0.25) is 0 Å². The lowest BCUT2D eigenvalue weighted by Crippen LogP contribution is -2.13. The van der Waals surface area contributed by atoms with E-state index in [4.69, 9.17) is 4.42 Å². The quantitative estimate of drug-likeness (QED) is 0.551. The lowest BCUT2D eigenvalue weighted by Gasteiger charge is -1.96. The van der Waals surface area contributed by atoms with Crippen molar-refractivity contribution in [3.8, 4) is 11.3 Å². The highest BCUT2D eigenvalue weighted by atomic mass is 32.1. The SMILES string of the molecule is Cn1c(=NC(=O)CCc2ncc(-c3ccccc3)o2)sc2ccccc21. The molecule has 0 bridgehead atoms. The van der Waals surface area contributed by atoms with E-state index in [0.717, 1.165) is 15.8 Å². The van der Waals surface area contributed by atoms with Gasteiger partial charge in [0.1, 0.15) is 0 Å². The normalized spacial score (nSPS) is 12.0. The predicted molar refractivity (Wildman–Crippen MR) is 102 cm³/mol. The highest BCUT2D eigenvalue weighted by molar-refractivity contribution is 7.16. The van der Waals surface area contributed by atoms with Crippen LogP contribution in [0.25, 0.3) is 21.5 Å². The number of fused-ring (bicyclic) bond motifs is 1. The molecule has 5 nitrogen and oxygen atoms in total. The van der Waals surface area contributed by atoms with Gasteiger partial charge in [0.15, 0.2) is 16.5 Å². The number of rotatable bonds is 4. The van der Waals surface area contributed by atoms with Gasteiger partial charge >= 0.3 is 0 Å². The Balaban J connectivity index is 1.47. The first-order valence-electron chi connectivity index (χ1n) is 8.33. The summed E-state index contributed by atoms with van der Waals surface area (Å²) >= 11 is 1.51. The molecule has 6 heteroatoms. The van der Waals surface area contributed by atoms with Crippen molar-refractivity contribution in [1.82, 2.24) is 9.55 Å². The van der Waals surface area contributed by atoms with E-state index in [1.54, 1.807) is 6.20 Å². The number of hydrogen-bond acceptors (Lipinski definition) is 4. The number of carbonyl (C=O) groups is 1. The van der Waals surface area contributed by atoms with Crippen molar-refractivity contribution in [2.45, 2.75) is 12.8 Å². The molecule has 0 radical (unpaired) electrons. The molecule has 0 fully saturated rings. The Morgan fingerprint density at radius 1 is 1.15 bits per heavy atom. The van der Waals surface area contributed by atoms with Crippen molar-refractivity contribution < 1.29 is 9.21 Å². The molecular weight excluding hydrogens is 346 g/mol. The van der Waals surface area contributed by atoms with Crippen LogP contribution in [0.15, 0.2) is 70.2 Å². The molecule has 2 aromatic carbocycles. The molecule has 130 valence electrons. The number of aryl methyl sites for hydroxylation is 2. The second-order valence-electron chi connectivity index (χ2n) is 5.90. The van der Waals surface area contributed by atoms with Crippen LogP contribution >= 0.6 is 11.3 Å². The minimum absolute atomic E-state index is 0.174. The molecule has 0 aliphatic carbocycles. The summed E-state index contributed by atoms with van der Waals surface area (Å²) in [5.74, 6) is 1.08. The molecule has 1 amide bonds. The molecule has 0 aliphatic rings. The van der Waals surface area contributed by atoms with Gasteiger partial charge in [0.25, 0.3) is 0 Å². The molecule has 26 heavy (non-hydrogen) atoms. The molecule has 0 atom stereocenters. The fourth-order valence-corrected chi connectivity index (χ4v) is 3.76. The third-order valence-electron chi connectivity index (χ3n) is 4.10. The Labute approximate surface area is 154 Å². The maximum absolute atomic E-state index is 12.2. The van der Waals surface area contributed by atoms with Crippen LogP contribution in [-0.4, -0.2) is 15.5 Å². The maximum atomic E-state index is 12.2. The lowest BCUT2D eigenvalue weighted by atomic mass is 10.2. The molecule has 0 unspecified atom stereocenters. The van der Waals surface area contributed by atoms with Crippen LogP contribution in [0.5, 0.6) is 0 Å². The first-order valence-corrected chi connectivity index (χ1v) is 9.14. The Kier molecular flexibility index (Phi) is 4.50.